The Morgan fingerprint density at radius 3 is 2.56 bits per heavy atom. The van der Waals surface area contributed by atoms with Gasteiger partial charge in [-0.05, 0) is 56.9 Å². The summed E-state index contributed by atoms with van der Waals surface area (Å²) in [5.41, 5.74) is 4.23. The zero-order valence-corrected chi connectivity index (χ0v) is 11.5. The number of rotatable bonds is 1. The monoisotopic (exact) mass is 248 g/mol. The molecule has 1 atom stereocenters. The zero-order valence-electron chi connectivity index (χ0n) is 11.5. The topological polar surface area (TPSA) is 56.4 Å². The fourth-order valence-electron chi connectivity index (χ4n) is 2.85. The lowest BCUT2D eigenvalue weighted by atomic mass is 9.87. The van der Waals surface area contributed by atoms with E-state index in [1.165, 1.54) is 11.3 Å². The zero-order chi connectivity index (χ0) is 13.1. The Bertz CT molecular complexity index is 385. The SMILES string of the molecule is CCC1CC(=N)C(C)=NC(=C2CCC(O)CC2)C1. The van der Waals surface area contributed by atoms with Crippen molar-refractivity contribution < 1.29 is 5.11 Å². The van der Waals surface area contributed by atoms with Crippen molar-refractivity contribution in [1.29, 1.82) is 5.41 Å². The van der Waals surface area contributed by atoms with Crippen molar-refractivity contribution in [3.63, 3.8) is 0 Å². The van der Waals surface area contributed by atoms with Crippen molar-refractivity contribution in [2.45, 2.75) is 64.9 Å². The molecule has 0 amide bonds. The Balaban J connectivity index is 2.24. The molecule has 0 aromatic heterocycles. The van der Waals surface area contributed by atoms with Crippen LogP contribution in [0.2, 0.25) is 0 Å². The van der Waals surface area contributed by atoms with Gasteiger partial charge in [0, 0.05) is 5.70 Å². The Morgan fingerprint density at radius 1 is 1.28 bits per heavy atom. The lowest BCUT2D eigenvalue weighted by Gasteiger charge is -2.22. The van der Waals surface area contributed by atoms with E-state index in [1.54, 1.807) is 0 Å². The molecule has 2 aliphatic rings. The predicted octanol–water partition coefficient (Wildman–Crippen LogP) is 3.48. The van der Waals surface area contributed by atoms with Crippen LogP contribution in [-0.4, -0.2) is 22.6 Å². The minimum atomic E-state index is -0.120. The second-order valence-electron chi connectivity index (χ2n) is 5.64. The molecule has 0 radical (unpaired) electrons. The van der Waals surface area contributed by atoms with Crippen LogP contribution in [0.5, 0.6) is 0 Å². The lowest BCUT2D eigenvalue weighted by molar-refractivity contribution is 0.143. The molecule has 0 bridgehead atoms. The molecule has 1 unspecified atom stereocenters. The lowest BCUT2D eigenvalue weighted by Crippen LogP contribution is -2.14. The summed E-state index contributed by atoms with van der Waals surface area (Å²) in [4.78, 5) is 4.69. The summed E-state index contributed by atoms with van der Waals surface area (Å²) < 4.78 is 0. The highest BCUT2D eigenvalue weighted by Crippen LogP contribution is 2.32. The van der Waals surface area contributed by atoms with E-state index in [0.717, 1.165) is 50.7 Å². The maximum Gasteiger partial charge on any atom is 0.0583 e. The van der Waals surface area contributed by atoms with Crippen LogP contribution in [0.4, 0.5) is 0 Å². The van der Waals surface area contributed by atoms with E-state index in [9.17, 15) is 5.11 Å². The number of nitrogens with zero attached hydrogens (tertiary/aromatic N) is 1. The van der Waals surface area contributed by atoms with Gasteiger partial charge < -0.3 is 10.5 Å². The van der Waals surface area contributed by atoms with Gasteiger partial charge in [-0.3, -0.25) is 4.99 Å². The Labute approximate surface area is 110 Å². The molecule has 0 aromatic rings. The molecule has 2 N–H and O–H groups in total. The van der Waals surface area contributed by atoms with Gasteiger partial charge in [-0.25, -0.2) is 0 Å². The average Bonchev–Trinajstić information content (AvgIpc) is 2.50. The highest BCUT2D eigenvalue weighted by molar-refractivity contribution is 6.40. The molecule has 2 rings (SSSR count). The smallest absolute Gasteiger partial charge is 0.0583 e. The molecular formula is C15H24N2O. The van der Waals surface area contributed by atoms with Crippen LogP contribution in [0.15, 0.2) is 16.3 Å². The first-order valence-corrected chi connectivity index (χ1v) is 7.12. The third kappa shape index (κ3) is 3.08. The number of aliphatic hydroxyl groups is 1. The van der Waals surface area contributed by atoms with Crippen molar-refractivity contribution in [1.82, 2.24) is 0 Å². The summed E-state index contributed by atoms with van der Waals surface area (Å²) in [5, 5.41) is 17.6. The number of nitrogens with one attached hydrogen (secondary N) is 1. The second kappa shape index (κ2) is 5.79. The summed E-state index contributed by atoms with van der Waals surface area (Å²) >= 11 is 0. The maximum absolute atomic E-state index is 9.58. The molecular weight excluding hydrogens is 224 g/mol. The van der Waals surface area contributed by atoms with Gasteiger partial charge in [0.2, 0.25) is 0 Å². The average molecular weight is 248 g/mol. The first-order chi connectivity index (χ1) is 8.60. The summed E-state index contributed by atoms with van der Waals surface area (Å²) in [7, 11) is 0. The molecule has 0 aromatic carbocycles. The molecule has 100 valence electrons. The van der Waals surface area contributed by atoms with Crippen LogP contribution >= 0.6 is 0 Å². The van der Waals surface area contributed by atoms with Crippen LogP contribution in [-0.2, 0) is 0 Å². The highest BCUT2D eigenvalue weighted by atomic mass is 16.3. The van der Waals surface area contributed by atoms with Crippen molar-refractivity contribution in [2.24, 2.45) is 10.9 Å². The Kier molecular flexibility index (Phi) is 4.33. The normalized spacial score (nSPS) is 30.2. The van der Waals surface area contributed by atoms with Crippen LogP contribution in [0, 0.1) is 11.3 Å². The van der Waals surface area contributed by atoms with Crippen LogP contribution in [0.1, 0.15) is 58.8 Å². The molecule has 0 saturated heterocycles. The molecule has 18 heavy (non-hydrogen) atoms. The quantitative estimate of drug-likeness (QED) is 0.733. The fraction of sp³-hybridized carbons (Fsp3) is 0.733. The van der Waals surface area contributed by atoms with E-state index in [-0.39, 0.29) is 6.10 Å². The van der Waals surface area contributed by atoms with E-state index in [2.05, 4.69) is 6.92 Å². The number of allylic oxidation sites excluding steroid dienone is 2. The predicted molar refractivity (Wildman–Crippen MR) is 75.4 cm³/mol. The fourth-order valence-corrected chi connectivity index (χ4v) is 2.85. The molecule has 1 heterocycles. The molecule has 1 aliphatic heterocycles. The Hall–Kier alpha value is -0.960. The molecule has 0 spiro atoms. The van der Waals surface area contributed by atoms with Crippen molar-refractivity contribution in [3.8, 4) is 0 Å². The third-order valence-electron chi connectivity index (χ3n) is 4.26. The van der Waals surface area contributed by atoms with Crippen molar-refractivity contribution in [3.05, 3.63) is 11.3 Å². The minimum absolute atomic E-state index is 0.120. The van der Waals surface area contributed by atoms with Gasteiger partial charge in [0.1, 0.15) is 0 Å². The van der Waals surface area contributed by atoms with Crippen LogP contribution < -0.4 is 0 Å². The second-order valence-corrected chi connectivity index (χ2v) is 5.64. The van der Waals surface area contributed by atoms with Crippen LogP contribution in [0.25, 0.3) is 0 Å². The summed E-state index contributed by atoms with van der Waals surface area (Å²) in [5.74, 6) is 0.563. The summed E-state index contributed by atoms with van der Waals surface area (Å²) in [6, 6.07) is 0. The molecule has 1 aliphatic carbocycles. The minimum Gasteiger partial charge on any atom is -0.393 e. The Morgan fingerprint density at radius 2 is 1.94 bits per heavy atom. The highest BCUT2D eigenvalue weighted by Gasteiger charge is 2.22. The molecule has 1 fully saturated rings. The van der Waals surface area contributed by atoms with Gasteiger partial charge in [-0.1, -0.05) is 13.3 Å². The first kappa shape index (κ1) is 13.5. The van der Waals surface area contributed by atoms with Gasteiger partial charge in [0.05, 0.1) is 17.5 Å². The number of aliphatic hydroxyl groups excluding tert-OH is 1. The number of hydrogen-bond donors (Lipinski definition) is 2. The molecule has 3 nitrogen and oxygen atoms in total. The van der Waals surface area contributed by atoms with Gasteiger partial charge in [-0.2, -0.15) is 0 Å². The van der Waals surface area contributed by atoms with E-state index < -0.39 is 0 Å². The molecule has 3 heteroatoms. The van der Waals surface area contributed by atoms with Gasteiger partial charge in [-0.15, -0.1) is 0 Å². The van der Waals surface area contributed by atoms with Crippen LogP contribution in [0.3, 0.4) is 0 Å². The van der Waals surface area contributed by atoms with E-state index in [0.29, 0.717) is 11.6 Å². The number of hydrogen-bond acceptors (Lipinski definition) is 3. The summed E-state index contributed by atoms with van der Waals surface area (Å²) in [6.07, 6.45) is 6.60. The van der Waals surface area contributed by atoms with Crippen molar-refractivity contribution in [2.75, 3.05) is 0 Å². The molecule has 1 saturated carbocycles. The van der Waals surface area contributed by atoms with E-state index in [1.807, 2.05) is 6.92 Å². The van der Waals surface area contributed by atoms with E-state index >= 15 is 0 Å². The number of aliphatic imine (C=N–C) groups is 1. The van der Waals surface area contributed by atoms with Gasteiger partial charge in [0.25, 0.3) is 0 Å². The standard InChI is InChI=1S/C15H24N2O/c1-3-11-8-14(16)10(2)17-15(9-11)12-4-6-13(18)7-5-12/h11,13,16,18H,3-9H2,1-2H3. The van der Waals surface area contributed by atoms with Gasteiger partial charge >= 0.3 is 0 Å². The maximum atomic E-state index is 9.58. The van der Waals surface area contributed by atoms with Crippen molar-refractivity contribution >= 4 is 11.4 Å². The largest absolute Gasteiger partial charge is 0.393 e. The van der Waals surface area contributed by atoms with E-state index in [4.69, 9.17) is 10.4 Å². The summed E-state index contributed by atoms with van der Waals surface area (Å²) in [6.45, 7) is 4.16. The van der Waals surface area contributed by atoms with Gasteiger partial charge in [0.15, 0.2) is 0 Å². The first-order valence-electron chi connectivity index (χ1n) is 7.12. The third-order valence-corrected chi connectivity index (χ3v) is 4.26.